The SMILES string of the molecule is C[C](C)CN1CC(C(=O)Nc2ccccc2Br)C1. The van der Waals surface area contributed by atoms with Gasteiger partial charge in [0.2, 0.25) is 5.91 Å². The quantitative estimate of drug-likeness (QED) is 0.927. The number of carbonyl (C=O) groups is 1. The molecule has 0 saturated carbocycles. The molecule has 97 valence electrons. The fourth-order valence-electron chi connectivity index (χ4n) is 2.11. The Morgan fingerprint density at radius 1 is 1.39 bits per heavy atom. The van der Waals surface area contributed by atoms with Crippen molar-refractivity contribution < 1.29 is 4.79 Å². The van der Waals surface area contributed by atoms with E-state index in [1.807, 2.05) is 24.3 Å². The molecule has 1 aromatic rings. The number of benzene rings is 1. The van der Waals surface area contributed by atoms with E-state index in [0.717, 1.165) is 29.8 Å². The second kappa shape index (κ2) is 5.85. The Morgan fingerprint density at radius 3 is 2.67 bits per heavy atom. The molecule has 18 heavy (non-hydrogen) atoms. The minimum absolute atomic E-state index is 0.118. The molecule has 1 N–H and O–H groups in total. The van der Waals surface area contributed by atoms with Gasteiger partial charge in [-0.05, 0) is 34.0 Å². The maximum absolute atomic E-state index is 12.0. The molecule has 0 aliphatic carbocycles. The lowest BCUT2D eigenvalue weighted by molar-refractivity contribution is -0.124. The standard InChI is InChI=1S/C14H18BrN2O/c1-10(2)7-17-8-11(9-17)14(18)16-13-6-4-3-5-12(13)15/h3-6,11H,7-9H2,1-2H3,(H,16,18). The Morgan fingerprint density at radius 2 is 2.06 bits per heavy atom. The number of nitrogens with zero attached hydrogens (tertiary/aromatic N) is 1. The van der Waals surface area contributed by atoms with Gasteiger partial charge in [0.05, 0.1) is 11.6 Å². The van der Waals surface area contributed by atoms with E-state index in [9.17, 15) is 4.79 Å². The van der Waals surface area contributed by atoms with E-state index in [1.54, 1.807) is 0 Å². The maximum atomic E-state index is 12.0. The number of anilines is 1. The number of rotatable bonds is 4. The number of likely N-dealkylation sites (tertiary alicyclic amines) is 1. The molecule has 1 heterocycles. The zero-order chi connectivity index (χ0) is 13.1. The number of hydrogen-bond acceptors (Lipinski definition) is 2. The van der Waals surface area contributed by atoms with Gasteiger partial charge in [0, 0.05) is 24.1 Å². The van der Waals surface area contributed by atoms with Crippen molar-refractivity contribution in [3.8, 4) is 0 Å². The van der Waals surface area contributed by atoms with Crippen LogP contribution in [0.3, 0.4) is 0 Å². The highest BCUT2D eigenvalue weighted by Crippen LogP contribution is 2.24. The van der Waals surface area contributed by atoms with Crippen LogP contribution in [0.4, 0.5) is 5.69 Å². The third kappa shape index (κ3) is 3.33. The second-order valence-electron chi connectivity index (χ2n) is 5.07. The first-order valence-corrected chi connectivity index (χ1v) is 6.92. The molecule has 3 nitrogen and oxygen atoms in total. The van der Waals surface area contributed by atoms with Crippen molar-refractivity contribution in [3.63, 3.8) is 0 Å². The van der Waals surface area contributed by atoms with E-state index >= 15 is 0 Å². The molecule has 1 aliphatic heterocycles. The maximum Gasteiger partial charge on any atom is 0.230 e. The predicted molar refractivity (Wildman–Crippen MR) is 77.3 cm³/mol. The van der Waals surface area contributed by atoms with Gasteiger partial charge in [0.25, 0.3) is 0 Å². The molecule has 0 atom stereocenters. The van der Waals surface area contributed by atoms with Crippen LogP contribution in [-0.4, -0.2) is 30.4 Å². The molecule has 1 fully saturated rings. The van der Waals surface area contributed by atoms with Crippen LogP contribution in [0.2, 0.25) is 0 Å². The van der Waals surface area contributed by atoms with Crippen LogP contribution in [-0.2, 0) is 4.79 Å². The summed E-state index contributed by atoms with van der Waals surface area (Å²) in [7, 11) is 0. The largest absolute Gasteiger partial charge is 0.325 e. The first-order chi connectivity index (χ1) is 8.56. The van der Waals surface area contributed by atoms with Gasteiger partial charge in [0.1, 0.15) is 0 Å². The fraction of sp³-hybridized carbons (Fsp3) is 0.429. The summed E-state index contributed by atoms with van der Waals surface area (Å²) >= 11 is 3.43. The zero-order valence-electron chi connectivity index (χ0n) is 10.7. The van der Waals surface area contributed by atoms with Crippen LogP contribution in [0.15, 0.2) is 28.7 Å². The number of carbonyl (C=O) groups excluding carboxylic acids is 1. The van der Waals surface area contributed by atoms with Gasteiger partial charge in [-0.2, -0.15) is 0 Å². The number of nitrogens with one attached hydrogen (secondary N) is 1. The lowest BCUT2D eigenvalue weighted by Gasteiger charge is -2.39. The van der Waals surface area contributed by atoms with Crippen LogP contribution in [0.5, 0.6) is 0 Å². The molecule has 1 amide bonds. The van der Waals surface area contributed by atoms with Crippen molar-refractivity contribution in [3.05, 3.63) is 34.7 Å². The van der Waals surface area contributed by atoms with E-state index in [2.05, 4.69) is 40.0 Å². The summed E-state index contributed by atoms with van der Waals surface area (Å²) in [6.07, 6.45) is 0. The average Bonchev–Trinajstić information content (AvgIpc) is 2.25. The van der Waals surface area contributed by atoms with Crippen molar-refractivity contribution in [1.29, 1.82) is 0 Å². The van der Waals surface area contributed by atoms with Crippen LogP contribution in [0.1, 0.15) is 13.8 Å². The molecule has 0 spiro atoms. The summed E-state index contributed by atoms with van der Waals surface area (Å²) in [5.41, 5.74) is 0.846. The predicted octanol–water partition coefficient (Wildman–Crippen LogP) is 2.93. The first kappa shape index (κ1) is 13.6. The lowest BCUT2D eigenvalue weighted by atomic mass is 9.97. The average molecular weight is 310 g/mol. The number of amides is 1. The van der Waals surface area contributed by atoms with Crippen molar-refractivity contribution in [2.75, 3.05) is 25.0 Å². The van der Waals surface area contributed by atoms with E-state index in [0.29, 0.717) is 0 Å². The van der Waals surface area contributed by atoms with Gasteiger partial charge >= 0.3 is 0 Å². The van der Waals surface area contributed by atoms with Crippen LogP contribution < -0.4 is 5.32 Å². The number of halogens is 1. The van der Waals surface area contributed by atoms with E-state index in [-0.39, 0.29) is 11.8 Å². The molecule has 1 saturated heterocycles. The Labute approximate surface area is 117 Å². The molecule has 1 aromatic carbocycles. The van der Waals surface area contributed by atoms with Crippen molar-refractivity contribution >= 4 is 27.5 Å². The molecule has 0 bridgehead atoms. The monoisotopic (exact) mass is 309 g/mol. The van der Waals surface area contributed by atoms with Gasteiger partial charge < -0.3 is 10.2 Å². The summed E-state index contributed by atoms with van der Waals surface area (Å²) < 4.78 is 0.923. The molecular weight excluding hydrogens is 292 g/mol. The molecule has 0 unspecified atom stereocenters. The smallest absolute Gasteiger partial charge is 0.230 e. The number of para-hydroxylation sites is 1. The Hall–Kier alpha value is -0.870. The summed E-state index contributed by atoms with van der Waals surface area (Å²) in [6, 6.07) is 7.69. The second-order valence-corrected chi connectivity index (χ2v) is 5.92. The van der Waals surface area contributed by atoms with Crippen molar-refractivity contribution in [2.45, 2.75) is 13.8 Å². The van der Waals surface area contributed by atoms with E-state index in [1.165, 1.54) is 5.92 Å². The minimum Gasteiger partial charge on any atom is -0.325 e. The highest BCUT2D eigenvalue weighted by atomic mass is 79.9. The summed E-state index contributed by atoms with van der Waals surface area (Å²) in [5.74, 6) is 1.63. The fourth-order valence-corrected chi connectivity index (χ4v) is 2.49. The number of hydrogen-bond donors (Lipinski definition) is 1. The van der Waals surface area contributed by atoms with Crippen LogP contribution >= 0.6 is 15.9 Å². The van der Waals surface area contributed by atoms with Gasteiger partial charge in [-0.15, -0.1) is 0 Å². The van der Waals surface area contributed by atoms with Crippen LogP contribution in [0.25, 0.3) is 0 Å². The topological polar surface area (TPSA) is 32.3 Å². The highest BCUT2D eigenvalue weighted by Gasteiger charge is 2.32. The zero-order valence-corrected chi connectivity index (χ0v) is 12.3. The molecule has 2 rings (SSSR count). The van der Waals surface area contributed by atoms with Gasteiger partial charge in [-0.25, -0.2) is 0 Å². The van der Waals surface area contributed by atoms with E-state index in [4.69, 9.17) is 0 Å². The molecule has 4 heteroatoms. The summed E-state index contributed by atoms with van der Waals surface area (Å²) in [5, 5.41) is 2.97. The van der Waals surface area contributed by atoms with Crippen LogP contribution in [0, 0.1) is 11.8 Å². The Kier molecular flexibility index (Phi) is 4.40. The highest BCUT2D eigenvalue weighted by molar-refractivity contribution is 9.10. The Balaban J connectivity index is 1.83. The molecule has 0 aromatic heterocycles. The lowest BCUT2D eigenvalue weighted by Crippen LogP contribution is -2.52. The first-order valence-electron chi connectivity index (χ1n) is 6.13. The minimum atomic E-state index is 0.118. The normalized spacial score (nSPS) is 16.7. The van der Waals surface area contributed by atoms with Gasteiger partial charge in [-0.3, -0.25) is 4.79 Å². The Bertz CT molecular complexity index is 428. The summed E-state index contributed by atoms with van der Waals surface area (Å²) in [4.78, 5) is 14.3. The van der Waals surface area contributed by atoms with E-state index < -0.39 is 0 Å². The van der Waals surface area contributed by atoms with Gasteiger partial charge in [-0.1, -0.05) is 26.0 Å². The van der Waals surface area contributed by atoms with Gasteiger partial charge in [0.15, 0.2) is 0 Å². The van der Waals surface area contributed by atoms with Crippen molar-refractivity contribution in [1.82, 2.24) is 4.90 Å². The molecular formula is C14H18BrN2O. The molecule has 1 aliphatic rings. The third-order valence-corrected chi connectivity index (χ3v) is 3.69. The van der Waals surface area contributed by atoms with Crippen molar-refractivity contribution in [2.24, 2.45) is 5.92 Å². The summed E-state index contributed by atoms with van der Waals surface area (Å²) in [6.45, 7) is 6.96. The third-order valence-electron chi connectivity index (χ3n) is 3.00. The molecule has 1 radical (unpaired) electrons.